The molecule has 0 atom stereocenters. The number of sulfonamides is 1. The number of nitrogens with zero attached hydrogens (tertiary/aromatic N) is 1. The van der Waals surface area contributed by atoms with Crippen molar-refractivity contribution < 1.29 is 13.2 Å². The minimum atomic E-state index is -3.77. The van der Waals surface area contributed by atoms with Gasteiger partial charge in [0, 0.05) is 23.1 Å². The summed E-state index contributed by atoms with van der Waals surface area (Å²) in [6.45, 7) is 2.21. The van der Waals surface area contributed by atoms with Crippen LogP contribution >= 0.6 is 11.3 Å². The summed E-state index contributed by atoms with van der Waals surface area (Å²) in [5.41, 5.74) is 3.74. The Balaban J connectivity index is 1.44. The quantitative estimate of drug-likeness (QED) is 0.390. The maximum Gasteiger partial charge on any atom is 0.251 e. The number of carbonyl (C=O) groups excluding carboxylic acids is 1. The maximum atomic E-state index is 12.8. The molecule has 6 nitrogen and oxygen atoms in total. The number of benzene rings is 3. The van der Waals surface area contributed by atoms with Crippen LogP contribution in [0.4, 0.5) is 0 Å². The smallest absolute Gasteiger partial charge is 0.251 e. The van der Waals surface area contributed by atoms with E-state index in [0.29, 0.717) is 11.1 Å². The second kappa shape index (κ2) is 10.1. The fourth-order valence-corrected chi connectivity index (χ4v) is 5.04. The van der Waals surface area contributed by atoms with Crippen LogP contribution in [0.3, 0.4) is 0 Å². The van der Waals surface area contributed by atoms with Crippen molar-refractivity contribution in [2.45, 2.75) is 24.9 Å². The van der Waals surface area contributed by atoms with E-state index in [9.17, 15) is 13.2 Å². The molecule has 0 unspecified atom stereocenters. The zero-order valence-electron chi connectivity index (χ0n) is 18.0. The van der Waals surface area contributed by atoms with E-state index in [1.165, 1.54) is 23.5 Å². The molecule has 1 heterocycles. The maximum absolute atomic E-state index is 12.8. The first-order valence-corrected chi connectivity index (χ1v) is 12.7. The van der Waals surface area contributed by atoms with Crippen LogP contribution < -0.4 is 10.0 Å². The lowest BCUT2D eigenvalue weighted by molar-refractivity contribution is 0.0950. The van der Waals surface area contributed by atoms with E-state index in [1.54, 1.807) is 13.0 Å². The van der Waals surface area contributed by atoms with Crippen LogP contribution in [0, 0.1) is 6.92 Å². The molecule has 0 saturated heterocycles. The second-order valence-corrected chi connectivity index (χ2v) is 10.2. The van der Waals surface area contributed by atoms with Gasteiger partial charge in [-0.15, -0.1) is 11.3 Å². The molecule has 4 aromatic rings. The fourth-order valence-electron chi connectivity index (χ4n) is 3.26. The Kier molecular flexibility index (Phi) is 6.98. The third-order valence-corrected chi connectivity index (χ3v) is 7.34. The first-order chi connectivity index (χ1) is 15.9. The molecule has 168 valence electrons. The van der Waals surface area contributed by atoms with Crippen LogP contribution in [-0.4, -0.2) is 19.3 Å². The molecule has 0 radical (unpaired) electrons. The van der Waals surface area contributed by atoms with Gasteiger partial charge in [0.2, 0.25) is 10.0 Å². The molecule has 0 saturated carbocycles. The molecule has 0 aliphatic rings. The van der Waals surface area contributed by atoms with E-state index in [2.05, 4.69) is 15.0 Å². The lowest BCUT2D eigenvalue weighted by Gasteiger charge is -2.11. The zero-order valence-corrected chi connectivity index (χ0v) is 19.6. The number of rotatable bonds is 8. The molecule has 2 N–H and O–H groups in total. The molecule has 1 aromatic heterocycles. The first-order valence-electron chi connectivity index (χ1n) is 10.3. The van der Waals surface area contributed by atoms with Crippen molar-refractivity contribution in [2.24, 2.45) is 0 Å². The summed E-state index contributed by atoms with van der Waals surface area (Å²) in [6, 6.07) is 23.6. The summed E-state index contributed by atoms with van der Waals surface area (Å²) in [5.74, 6) is -0.343. The number of hydrogen-bond acceptors (Lipinski definition) is 5. The number of thiazole rings is 1. The van der Waals surface area contributed by atoms with Crippen molar-refractivity contribution >= 4 is 27.3 Å². The lowest BCUT2D eigenvalue weighted by atomic mass is 10.1. The summed E-state index contributed by atoms with van der Waals surface area (Å²) < 4.78 is 28.1. The first kappa shape index (κ1) is 22.8. The van der Waals surface area contributed by atoms with Crippen molar-refractivity contribution in [3.63, 3.8) is 0 Å². The number of aromatic nitrogens is 1. The Morgan fingerprint density at radius 3 is 2.36 bits per heavy atom. The molecular weight excluding hydrogens is 454 g/mol. The molecule has 1 amide bonds. The SMILES string of the molecule is Cc1ccc(S(=O)(=O)NCc2ccccc2)cc1C(=O)NCc1nc(-c2ccccc2)cs1. The monoisotopic (exact) mass is 477 g/mol. The molecule has 4 rings (SSSR count). The van der Waals surface area contributed by atoms with E-state index in [4.69, 9.17) is 0 Å². The summed E-state index contributed by atoms with van der Waals surface area (Å²) in [6.07, 6.45) is 0. The van der Waals surface area contributed by atoms with Crippen molar-refractivity contribution in [2.75, 3.05) is 0 Å². The van der Waals surface area contributed by atoms with Gasteiger partial charge in [-0.2, -0.15) is 0 Å². The van der Waals surface area contributed by atoms with Gasteiger partial charge in [0.15, 0.2) is 0 Å². The number of carbonyl (C=O) groups is 1. The van der Waals surface area contributed by atoms with E-state index in [0.717, 1.165) is 21.8 Å². The Hall–Kier alpha value is -3.33. The fraction of sp³-hybridized carbons (Fsp3) is 0.120. The van der Waals surface area contributed by atoms with Gasteiger partial charge >= 0.3 is 0 Å². The molecule has 0 aliphatic heterocycles. The van der Waals surface area contributed by atoms with Gasteiger partial charge in [0.25, 0.3) is 5.91 Å². The third-order valence-electron chi connectivity index (χ3n) is 5.09. The largest absolute Gasteiger partial charge is 0.346 e. The summed E-state index contributed by atoms with van der Waals surface area (Å²) in [4.78, 5) is 17.5. The summed E-state index contributed by atoms with van der Waals surface area (Å²) >= 11 is 1.47. The van der Waals surface area contributed by atoms with Crippen LogP contribution in [0.1, 0.15) is 26.5 Å². The van der Waals surface area contributed by atoms with Crippen molar-refractivity contribution in [1.82, 2.24) is 15.0 Å². The van der Waals surface area contributed by atoms with E-state index in [-0.39, 0.29) is 23.9 Å². The highest BCUT2D eigenvalue weighted by Crippen LogP contribution is 2.22. The number of nitrogens with one attached hydrogen (secondary N) is 2. The second-order valence-electron chi connectivity index (χ2n) is 7.46. The minimum Gasteiger partial charge on any atom is -0.346 e. The lowest BCUT2D eigenvalue weighted by Crippen LogP contribution is -2.26. The van der Waals surface area contributed by atoms with Crippen LogP contribution in [0.25, 0.3) is 11.3 Å². The predicted molar refractivity (Wildman–Crippen MR) is 130 cm³/mol. The Morgan fingerprint density at radius 2 is 1.64 bits per heavy atom. The number of aryl methyl sites for hydroxylation is 1. The van der Waals surface area contributed by atoms with Gasteiger partial charge in [-0.1, -0.05) is 66.7 Å². The molecule has 8 heteroatoms. The molecular formula is C25H23N3O3S2. The third kappa shape index (κ3) is 5.73. The topological polar surface area (TPSA) is 88.2 Å². The van der Waals surface area contributed by atoms with Crippen LogP contribution in [0.15, 0.2) is 89.1 Å². The van der Waals surface area contributed by atoms with Crippen LogP contribution in [0.2, 0.25) is 0 Å². The Labute approximate surface area is 197 Å². The number of hydrogen-bond donors (Lipinski definition) is 2. The normalized spacial score (nSPS) is 11.3. The van der Waals surface area contributed by atoms with Crippen molar-refractivity contribution in [1.29, 1.82) is 0 Å². The van der Waals surface area contributed by atoms with Crippen LogP contribution in [0.5, 0.6) is 0 Å². The van der Waals surface area contributed by atoms with Gasteiger partial charge in [0.1, 0.15) is 5.01 Å². The Morgan fingerprint density at radius 1 is 0.939 bits per heavy atom. The van der Waals surface area contributed by atoms with Gasteiger partial charge in [0.05, 0.1) is 17.1 Å². The molecule has 0 spiro atoms. The van der Waals surface area contributed by atoms with Gasteiger partial charge in [-0.05, 0) is 30.2 Å². The van der Waals surface area contributed by atoms with Gasteiger partial charge in [-0.3, -0.25) is 4.79 Å². The van der Waals surface area contributed by atoms with Crippen LogP contribution in [-0.2, 0) is 23.1 Å². The summed E-state index contributed by atoms with van der Waals surface area (Å²) in [5, 5.41) is 5.57. The highest BCUT2D eigenvalue weighted by molar-refractivity contribution is 7.89. The highest BCUT2D eigenvalue weighted by atomic mass is 32.2. The van der Waals surface area contributed by atoms with Crippen molar-refractivity contribution in [3.8, 4) is 11.3 Å². The molecule has 3 aromatic carbocycles. The van der Waals surface area contributed by atoms with E-state index >= 15 is 0 Å². The molecule has 33 heavy (non-hydrogen) atoms. The van der Waals surface area contributed by atoms with E-state index in [1.807, 2.05) is 66.0 Å². The van der Waals surface area contributed by atoms with Gasteiger partial charge < -0.3 is 5.32 Å². The van der Waals surface area contributed by atoms with E-state index < -0.39 is 10.0 Å². The molecule has 0 aliphatic carbocycles. The number of amides is 1. The van der Waals surface area contributed by atoms with Crippen molar-refractivity contribution in [3.05, 3.63) is 106 Å². The highest BCUT2D eigenvalue weighted by Gasteiger charge is 2.18. The molecule has 0 bridgehead atoms. The average molecular weight is 478 g/mol. The zero-order chi connectivity index (χ0) is 23.3. The minimum absolute atomic E-state index is 0.0507. The molecule has 0 fully saturated rings. The summed E-state index contributed by atoms with van der Waals surface area (Å²) in [7, 11) is -3.77. The predicted octanol–water partition coefficient (Wildman–Crippen LogP) is 4.53. The van der Waals surface area contributed by atoms with Gasteiger partial charge in [-0.25, -0.2) is 18.1 Å². The Bertz CT molecular complexity index is 1350. The standard InChI is InChI=1S/C25H23N3O3S2/c1-18-12-13-21(33(30,31)27-15-19-8-4-2-5-9-19)14-22(18)25(29)26-16-24-28-23(17-32-24)20-10-6-3-7-11-20/h2-14,17,27H,15-16H2,1H3,(H,26,29). The average Bonchev–Trinajstić information content (AvgIpc) is 3.32.